The molecule has 0 amide bonds. The molecule has 0 aromatic rings. The fourth-order valence-corrected chi connectivity index (χ4v) is 1.12. The SMILES string of the molecule is CCC(C)C(C)CCC(C)=O. The van der Waals surface area contributed by atoms with Gasteiger partial charge in [0.05, 0.1) is 0 Å². The van der Waals surface area contributed by atoms with Crippen LogP contribution < -0.4 is 0 Å². The number of Topliss-reactive ketones (excluding diaryl/α,β-unsaturated/α-hetero) is 1. The lowest BCUT2D eigenvalue weighted by Gasteiger charge is -2.16. The van der Waals surface area contributed by atoms with E-state index in [4.69, 9.17) is 0 Å². The summed E-state index contributed by atoms with van der Waals surface area (Å²) >= 11 is 0. The lowest BCUT2D eigenvalue weighted by molar-refractivity contribution is -0.117. The van der Waals surface area contributed by atoms with E-state index in [-0.39, 0.29) is 0 Å². The van der Waals surface area contributed by atoms with E-state index in [1.165, 1.54) is 6.42 Å². The van der Waals surface area contributed by atoms with E-state index in [1.54, 1.807) is 6.92 Å². The van der Waals surface area contributed by atoms with Gasteiger partial charge >= 0.3 is 0 Å². The molecule has 1 heteroatoms. The van der Waals surface area contributed by atoms with Crippen molar-refractivity contribution in [2.45, 2.75) is 47.0 Å². The smallest absolute Gasteiger partial charge is 0.129 e. The predicted octanol–water partition coefficient (Wildman–Crippen LogP) is 3.04. The molecule has 0 N–H and O–H groups in total. The van der Waals surface area contributed by atoms with Gasteiger partial charge in [0.2, 0.25) is 0 Å². The molecule has 1 nitrogen and oxygen atoms in total. The number of carbonyl (C=O) groups is 1. The molecule has 0 bridgehead atoms. The van der Waals surface area contributed by atoms with Crippen molar-refractivity contribution in [3.8, 4) is 0 Å². The largest absolute Gasteiger partial charge is 0.300 e. The third-order valence-corrected chi connectivity index (χ3v) is 2.57. The number of hydrogen-bond acceptors (Lipinski definition) is 1. The fraction of sp³-hybridized carbons (Fsp3) is 0.900. The molecule has 0 radical (unpaired) electrons. The zero-order chi connectivity index (χ0) is 8.85. The van der Waals surface area contributed by atoms with Crippen molar-refractivity contribution in [3.05, 3.63) is 0 Å². The van der Waals surface area contributed by atoms with Gasteiger partial charge in [-0.25, -0.2) is 0 Å². The van der Waals surface area contributed by atoms with Crippen LogP contribution in [0.3, 0.4) is 0 Å². The first-order chi connectivity index (χ1) is 5.07. The van der Waals surface area contributed by atoms with E-state index >= 15 is 0 Å². The lowest BCUT2D eigenvalue weighted by Crippen LogP contribution is -2.08. The monoisotopic (exact) mass is 156 g/mol. The Kier molecular flexibility index (Phi) is 5.18. The fourth-order valence-electron chi connectivity index (χ4n) is 1.12. The normalized spacial score (nSPS) is 16.0. The van der Waals surface area contributed by atoms with Crippen LogP contribution in [0.25, 0.3) is 0 Å². The highest BCUT2D eigenvalue weighted by atomic mass is 16.1. The molecule has 0 aliphatic rings. The van der Waals surface area contributed by atoms with E-state index < -0.39 is 0 Å². The first kappa shape index (κ1) is 10.7. The summed E-state index contributed by atoms with van der Waals surface area (Å²) < 4.78 is 0. The molecule has 2 atom stereocenters. The van der Waals surface area contributed by atoms with Crippen LogP contribution in [0.15, 0.2) is 0 Å². The standard InChI is InChI=1S/C10H20O/c1-5-8(2)9(3)6-7-10(4)11/h8-9H,5-7H2,1-4H3. The van der Waals surface area contributed by atoms with Crippen LogP contribution in [-0.2, 0) is 4.79 Å². The van der Waals surface area contributed by atoms with Crippen LogP contribution >= 0.6 is 0 Å². The van der Waals surface area contributed by atoms with Crippen LogP contribution in [0.4, 0.5) is 0 Å². The molecule has 0 spiro atoms. The van der Waals surface area contributed by atoms with Gasteiger partial charge in [-0.1, -0.05) is 27.2 Å². The molecule has 0 rings (SSSR count). The average molecular weight is 156 g/mol. The van der Waals surface area contributed by atoms with E-state index in [1.807, 2.05) is 0 Å². The van der Waals surface area contributed by atoms with E-state index in [2.05, 4.69) is 20.8 Å². The van der Waals surface area contributed by atoms with Gasteiger partial charge in [-0.3, -0.25) is 0 Å². The molecule has 66 valence electrons. The number of ketones is 1. The molecule has 0 saturated carbocycles. The minimum Gasteiger partial charge on any atom is -0.300 e. The number of hydrogen-bond donors (Lipinski definition) is 0. The molecule has 0 aromatic heterocycles. The highest BCUT2D eigenvalue weighted by molar-refractivity contribution is 5.75. The summed E-state index contributed by atoms with van der Waals surface area (Å²) in [5.74, 6) is 1.78. The maximum atomic E-state index is 10.7. The summed E-state index contributed by atoms with van der Waals surface area (Å²) in [5.41, 5.74) is 0. The Morgan fingerprint density at radius 3 is 2.18 bits per heavy atom. The zero-order valence-corrected chi connectivity index (χ0v) is 8.18. The summed E-state index contributed by atoms with van der Waals surface area (Å²) in [4.78, 5) is 10.7. The van der Waals surface area contributed by atoms with Crippen molar-refractivity contribution < 1.29 is 4.79 Å². The maximum absolute atomic E-state index is 10.7. The van der Waals surface area contributed by atoms with Gasteiger partial charge < -0.3 is 4.79 Å². The Bertz CT molecular complexity index is 118. The third kappa shape index (κ3) is 5.00. The van der Waals surface area contributed by atoms with Gasteiger partial charge in [-0.05, 0) is 25.2 Å². The Labute approximate surface area is 70.2 Å². The summed E-state index contributed by atoms with van der Waals surface area (Å²) in [7, 11) is 0. The first-order valence-electron chi connectivity index (χ1n) is 4.57. The summed E-state index contributed by atoms with van der Waals surface area (Å²) in [6.45, 7) is 8.36. The topological polar surface area (TPSA) is 17.1 Å². The Balaban J connectivity index is 3.51. The molecule has 0 aromatic carbocycles. The molecular formula is C10H20O. The summed E-state index contributed by atoms with van der Waals surface area (Å²) in [5, 5.41) is 0. The van der Waals surface area contributed by atoms with Crippen molar-refractivity contribution >= 4 is 5.78 Å². The second kappa shape index (κ2) is 5.34. The Morgan fingerprint density at radius 1 is 1.27 bits per heavy atom. The van der Waals surface area contributed by atoms with Crippen molar-refractivity contribution in [1.29, 1.82) is 0 Å². The second-order valence-corrected chi connectivity index (χ2v) is 3.60. The van der Waals surface area contributed by atoms with Gasteiger partial charge in [0.1, 0.15) is 5.78 Å². The molecule has 2 unspecified atom stereocenters. The highest BCUT2D eigenvalue weighted by Gasteiger charge is 2.10. The molecule has 11 heavy (non-hydrogen) atoms. The van der Waals surface area contributed by atoms with Crippen LogP contribution in [0.2, 0.25) is 0 Å². The van der Waals surface area contributed by atoms with E-state index in [0.717, 1.165) is 18.8 Å². The summed E-state index contributed by atoms with van der Waals surface area (Å²) in [6, 6.07) is 0. The Morgan fingerprint density at radius 2 is 1.82 bits per heavy atom. The van der Waals surface area contributed by atoms with Gasteiger partial charge in [0, 0.05) is 6.42 Å². The first-order valence-corrected chi connectivity index (χ1v) is 4.57. The second-order valence-electron chi connectivity index (χ2n) is 3.60. The van der Waals surface area contributed by atoms with Crippen molar-refractivity contribution in [2.24, 2.45) is 11.8 Å². The highest BCUT2D eigenvalue weighted by Crippen LogP contribution is 2.19. The molecule has 0 aliphatic heterocycles. The Hall–Kier alpha value is -0.330. The van der Waals surface area contributed by atoms with Crippen molar-refractivity contribution in [2.75, 3.05) is 0 Å². The van der Waals surface area contributed by atoms with Gasteiger partial charge in [-0.2, -0.15) is 0 Å². The van der Waals surface area contributed by atoms with Crippen molar-refractivity contribution in [3.63, 3.8) is 0 Å². The predicted molar refractivity (Wildman–Crippen MR) is 48.5 cm³/mol. The van der Waals surface area contributed by atoms with Crippen molar-refractivity contribution in [1.82, 2.24) is 0 Å². The molecule has 0 saturated heterocycles. The maximum Gasteiger partial charge on any atom is 0.129 e. The molecule has 0 heterocycles. The molecular weight excluding hydrogens is 136 g/mol. The van der Waals surface area contributed by atoms with E-state index in [9.17, 15) is 4.79 Å². The third-order valence-electron chi connectivity index (χ3n) is 2.57. The number of rotatable bonds is 5. The number of carbonyl (C=O) groups excluding carboxylic acids is 1. The molecule has 0 aliphatic carbocycles. The van der Waals surface area contributed by atoms with Gasteiger partial charge in [-0.15, -0.1) is 0 Å². The minimum atomic E-state index is 0.320. The van der Waals surface area contributed by atoms with E-state index in [0.29, 0.717) is 11.7 Å². The van der Waals surface area contributed by atoms with Gasteiger partial charge in [0.25, 0.3) is 0 Å². The minimum absolute atomic E-state index is 0.320. The quantitative estimate of drug-likeness (QED) is 0.598. The van der Waals surface area contributed by atoms with Gasteiger partial charge in [0.15, 0.2) is 0 Å². The average Bonchev–Trinajstić information content (AvgIpc) is 1.98. The van der Waals surface area contributed by atoms with Crippen LogP contribution in [0.5, 0.6) is 0 Å². The van der Waals surface area contributed by atoms with Crippen LogP contribution in [0, 0.1) is 11.8 Å². The lowest BCUT2D eigenvalue weighted by atomic mass is 9.89. The van der Waals surface area contributed by atoms with Crippen LogP contribution in [0.1, 0.15) is 47.0 Å². The van der Waals surface area contributed by atoms with Crippen LogP contribution in [-0.4, -0.2) is 5.78 Å². The zero-order valence-electron chi connectivity index (χ0n) is 8.18. The molecule has 0 fully saturated rings. The summed E-state index contributed by atoms with van der Waals surface area (Å²) in [6.07, 6.45) is 3.04.